The minimum atomic E-state index is -0.376. The van der Waals surface area contributed by atoms with Crippen LogP contribution in [0.1, 0.15) is 6.92 Å². The zero-order chi connectivity index (χ0) is 14.0. The van der Waals surface area contributed by atoms with Crippen LogP contribution in [0.4, 0.5) is 11.8 Å². The first-order valence-electron chi connectivity index (χ1n) is 5.72. The van der Waals surface area contributed by atoms with E-state index in [0.717, 1.165) is 10.2 Å². The van der Waals surface area contributed by atoms with E-state index in [0.29, 0.717) is 11.8 Å². The van der Waals surface area contributed by atoms with E-state index in [4.69, 9.17) is 5.84 Å². The molecule has 1 unspecified atom stereocenters. The van der Waals surface area contributed by atoms with Crippen molar-refractivity contribution in [2.45, 2.75) is 13.0 Å². The lowest BCUT2D eigenvalue weighted by Crippen LogP contribution is -2.37. The molecule has 0 saturated heterocycles. The van der Waals surface area contributed by atoms with E-state index >= 15 is 0 Å². The number of carbonyl (C=O) groups excluding carboxylic acids is 1. The highest BCUT2D eigenvalue weighted by atomic mass is 32.1. The Bertz CT molecular complexity index is 596. The zero-order valence-corrected chi connectivity index (χ0v) is 11.8. The van der Waals surface area contributed by atoms with E-state index in [1.807, 2.05) is 11.4 Å². The lowest BCUT2D eigenvalue weighted by molar-refractivity contribution is -0.129. The van der Waals surface area contributed by atoms with Gasteiger partial charge in [-0.1, -0.05) is 0 Å². The molecule has 0 bridgehead atoms. The Hall–Kier alpha value is -1.93. The quantitative estimate of drug-likeness (QED) is 0.568. The van der Waals surface area contributed by atoms with Crippen molar-refractivity contribution in [1.29, 1.82) is 0 Å². The van der Waals surface area contributed by atoms with Gasteiger partial charge in [-0.25, -0.2) is 10.8 Å². The number of hydrogen-bond donors (Lipinski definition) is 3. The van der Waals surface area contributed by atoms with Crippen molar-refractivity contribution in [2.24, 2.45) is 5.84 Å². The second-order valence-corrected chi connectivity index (χ2v) is 5.17. The molecule has 0 radical (unpaired) electrons. The van der Waals surface area contributed by atoms with Crippen LogP contribution in [0.5, 0.6) is 0 Å². The third-order valence-electron chi connectivity index (χ3n) is 2.62. The number of anilines is 2. The van der Waals surface area contributed by atoms with Gasteiger partial charge in [-0.05, 0) is 18.4 Å². The number of rotatable bonds is 4. The monoisotopic (exact) mass is 280 g/mol. The average Bonchev–Trinajstić information content (AvgIpc) is 2.85. The van der Waals surface area contributed by atoms with Gasteiger partial charge in [0.1, 0.15) is 16.7 Å². The standard InChI is InChI=1S/C11H16N6OS/c1-6(10(18)17(2)3)13-8-7-4-5-19-9(7)15-11(14-8)16-12/h4-6H,12H2,1-3H3,(H2,13,14,15,16). The number of hydrazine groups is 1. The maximum absolute atomic E-state index is 11.9. The average molecular weight is 280 g/mol. The minimum Gasteiger partial charge on any atom is -0.358 e. The number of nitrogens with zero attached hydrogens (tertiary/aromatic N) is 3. The molecule has 1 amide bonds. The Morgan fingerprint density at radius 3 is 2.84 bits per heavy atom. The van der Waals surface area contributed by atoms with Crippen LogP contribution in [0, 0.1) is 0 Å². The third-order valence-corrected chi connectivity index (χ3v) is 3.43. The van der Waals surface area contributed by atoms with Gasteiger partial charge in [0.05, 0.1) is 5.39 Å². The van der Waals surface area contributed by atoms with Gasteiger partial charge in [0.2, 0.25) is 11.9 Å². The minimum absolute atomic E-state index is 0.0238. The number of carbonyl (C=O) groups is 1. The summed E-state index contributed by atoms with van der Waals surface area (Å²) in [6.07, 6.45) is 0. The van der Waals surface area contributed by atoms with Crippen LogP contribution in [0.2, 0.25) is 0 Å². The van der Waals surface area contributed by atoms with Crippen molar-refractivity contribution in [3.8, 4) is 0 Å². The number of hydrogen-bond acceptors (Lipinski definition) is 7. The summed E-state index contributed by atoms with van der Waals surface area (Å²) in [5.41, 5.74) is 2.42. The molecule has 7 nitrogen and oxygen atoms in total. The SMILES string of the molecule is CC(Nc1nc(NN)nc2sccc12)C(=O)N(C)C. The maximum Gasteiger partial charge on any atom is 0.244 e. The van der Waals surface area contributed by atoms with E-state index in [9.17, 15) is 4.79 Å². The number of amides is 1. The topological polar surface area (TPSA) is 96.2 Å². The fourth-order valence-corrected chi connectivity index (χ4v) is 2.45. The van der Waals surface area contributed by atoms with Crippen molar-refractivity contribution >= 4 is 39.2 Å². The van der Waals surface area contributed by atoms with E-state index < -0.39 is 0 Å². The van der Waals surface area contributed by atoms with Crippen LogP contribution < -0.4 is 16.6 Å². The Morgan fingerprint density at radius 2 is 2.21 bits per heavy atom. The van der Waals surface area contributed by atoms with Crippen LogP contribution in [0.15, 0.2) is 11.4 Å². The summed E-state index contributed by atoms with van der Waals surface area (Å²) >= 11 is 1.49. The molecule has 0 spiro atoms. The molecule has 2 aromatic heterocycles. The van der Waals surface area contributed by atoms with E-state index in [-0.39, 0.29) is 11.9 Å². The van der Waals surface area contributed by atoms with Crippen LogP contribution >= 0.6 is 11.3 Å². The van der Waals surface area contributed by atoms with Crippen molar-refractivity contribution in [3.63, 3.8) is 0 Å². The van der Waals surface area contributed by atoms with Gasteiger partial charge in [-0.3, -0.25) is 10.2 Å². The van der Waals surface area contributed by atoms with E-state index in [2.05, 4.69) is 20.7 Å². The summed E-state index contributed by atoms with van der Waals surface area (Å²) in [4.78, 5) is 22.7. The summed E-state index contributed by atoms with van der Waals surface area (Å²) in [6.45, 7) is 1.79. The van der Waals surface area contributed by atoms with Crippen LogP contribution in [-0.4, -0.2) is 40.9 Å². The Balaban J connectivity index is 2.33. The summed E-state index contributed by atoms with van der Waals surface area (Å²) in [5.74, 6) is 6.24. The first-order chi connectivity index (χ1) is 9.02. The predicted molar refractivity (Wildman–Crippen MR) is 77.0 cm³/mol. The second kappa shape index (κ2) is 5.37. The Labute approximate surface area is 114 Å². The number of thiophene rings is 1. The van der Waals surface area contributed by atoms with Gasteiger partial charge >= 0.3 is 0 Å². The van der Waals surface area contributed by atoms with E-state index in [1.165, 1.54) is 16.2 Å². The molecule has 2 aromatic rings. The summed E-state index contributed by atoms with van der Waals surface area (Å²) in [6, 6.07) is 1.54. The highest BCUT2D eigenvalue weighted by molar-refractivity contribution is 7.16. The molecule has 0 aliphatic carbocycles. The number of nitrogens with two attached hydrogens (primary N) is 1. The van der Waals surface area contributed by atoms with Crippen molar-refractivity contribution in [1.82, 2.24) is 14.9 Å². The lowest BCUT2D eigenvalue weighted by Gasteiger charge is -2.19. The Kier molecular flexibility index (Phi) is 3.82. The molecule has 0 aliphatic rings. The first kappa shape index (κ1) is 13.5. The highest BCUT2D eigenvalue weighted by Gasteiger charge is 2.17. The second-order valence-electron chi connectivity index (χ2n) is 4.28. The first-order valence-corrected chi connectivity index (χ1v) is 6.60. The summed E-state index contributed by atoms with van der Waals surface area (Å²) in [7, 11) is 3.43. The highest BCUT2D eigenvalue weighted by Crippen LogP contribution is 2.26. The number of fused-ring (bicyclic) bond motifs is 1. The van der Waals surface area contributed by atoms with Gasteiger partial charge in [-0.2, -0.15) is 4.98 Å². The fourth-order valence-electron chi connectivity index (χ4n) is 1.68. The van der Waals surface area contributed by atoms with Gasteiger partial charge in [0.25, 0.3) is 0 Å². The van der Waals surface area contributed by atoms with E-state index in [1.54, 1.807) is 21.0 Å². The molecule has 0 fully saturated rings. The van der Waals surface area contributed by atoms with Crippen molar-refractivity contribution in [2.75, 3.05) is 24.8 Å². The number of nitrogen functional groups attached to an aromatic ring is 1. The summed E-state index contributed by atoms with van der Waals surface area (Å²) in [5, 5.41) is 5.89. The molecule has 2 heterocycles. The predicted octanol–water partition coefficient (Wildman–Crippen LogP) is 0.865. The molecular formula is C11H16N6OS. The van der Waals surface area contributed by atoms with Crippen molar-refractivity contribution < 1.29 is 4.79 Å². The molecule has 102 valence electrons. The van der Waals surface area contributed by atoms with Crippen LogP contribution in [0.25, 0.3) is 10.2 Å². The molecule has 0 saturated carbocycles. The molecule has 2 rings (SSSR count). The molecular weight excluding hydrogens is 264 g/mol. The van der Waals surface area contributed by atoms with Gasteiger partial charge < -0.3 is 10.2 Å². The summed E-state index contributed by atoms with van der Waals surface area (Å²) < 4.78 is 0. The van der Waals surface area contributed by atoms with Gasteiger partial charge in [0.15, 0.2) is 0 Å². The van der Waals surface area contributed by atoms with Crippen molar-refractivity contribution in [3.05, 3.63) is 11.4 Å². The Morgan fingerprint density at radius 1 is 1.47 bits per heavy atom. The largest absolute Gasteiger partial charge is 0.358 e. The normalized spacial score (nSPS) is 12.2. The van der Waals surface area contributed by atoms with Gasteiger partial charge in [0, 0.05) is 14.1 Å². The third kappa shape index (κ3) is 2.74. The maximum atomic E-state index is 11.9. The number of aromatic nitrogens is 2. The molecule has 0 aliphatic heterocycles. The molecule has 19 heavy (non-hydrogen) atoms. The molecule has 4 N–H and O–H groups in total. The molecule has 8 heteroatoms. The molecule has 0 aromatic carbocycles. The van der Waals surface area contributed by atoms with Crippen LogP contribution in [-0.2, 0) is 4.79 Å². The fraction of sp³-hybridized carbons (Fsp3) is 0.364. The molecule has 1 atom stereocenters. The van der Waals surface area contributed by atoms with Gasteiger partial charge in [-0.15, -0.1) is 11.3 Å². The number of nitrogens with one attached hydrogen (secondary N) is 2. The zero-order valence-electron chi connectivity index (χ0n) is 11.0. The van der Waals surface area contributed by atoms with Crippen LogP contribution in [0.3, 0.4) is 0 Å². The number of likely N-dealkylation sites (N-methyl/N-ethyl adjacent to an activating group) is 1. The smallest absolute Gasteiger partial charge is 0.244 e. The lowest BCUT2D eigenvalue weighted by atomic mass is 10.3.